The van der Waals surface area contributed by atoms with Gasteiger partial charge in [0.25, 0.3) is 5.91 Å². The Kier molecular flexibility index (Phi) is 5.58. The van der Waals surface area contributed by atoms with Gasteiger partial charge in [-0.2, -0.15) is 0 Å². The number of hydrogen-bond acceptors (Lipinski definition) is 4. The van der Waals surface area contributed by atoms with Crippen molar-refractivity contribution in [2.45, 2.75) is 52.9 Å². The number of aryl methyl sites for hydroxylation is 1. The molecular weight excluding hydrogens is 350 g/mol. The highest BCUT2D eigenvalue weighted by Gasteiger charge is 2.21. The lowest BCUT2D eigenvalue weighted by Crippen LogP contribution is -2.16. The Morgan fingerprint density at radius 1 is 1.14 bits per heavy atom. The van der Waals surface area contributed by atoms with Crippen LogP contribution in [0.5, 0.6) is 0 Å². The Bertz CT molecular complexity index is 967. The summed E-state index contributed by atoms with van der Waals surface area (Å²) < 4.78 is 1.77. The maximum absolute atomic E-state index is 12.8. The van der Waals surface area contributed by atoms with Gasteiger partial charge in [-0.1, -0.05) is 51.5 Å². The molecule has 1 N–H and O–H groups in total. The van der Waals surface area contributed by atoms with E-state index in [9.17, 15) is 4.79 Å². The summed E-state index contributed by atoms with van der Waals surface area (Å²) in [5.41, 5.74) is 4.95. The number of amides is 1. The number of carbonyl (C=O) groups excluding carboxylic acids is 1. The third-order valence-corrected chi connectivity index (χ3v) is 4.60. The molecule has 0 saturated heterocycles. The van der Waals surface area contributed by atoms with Crippen molar-refractivity contribution in [1.29, 1.82) is 0 Å². The lowest BCUT2D eigenvalue weighted by atomic mass is 9.87. The van der Waals surface area contributed by atoms with E-state index in [-0.39, 0.29) is 11.3 Å². The van der Waals surface area contributed by atoms with E-state index in [2.05, 4.69) is 60.4 Å². The average molecular weight is 377 g/mol. The second-order valence-electron chi connectivity index (χ2n) is 7.98. The van der Waals surface area contributed by atoms with Crippen LogP contribution in [0.15, 0.2) is 42.6 Å². The van der Waals surface area contributed by atoms with Gasteiger partial charge in [0, 0.05) is 17.6 Å². The largest absolute Gasteiger partial charge is 0.320 e. The van der Waals surface area contributed by atoms with Crippen LogP contribution in [0.3, 0.4) is 0 Å². The van der Waals surface area contributed by atoms with Crippen LogP contribution in [0.2, 0.25) is 0 Å². The van der Waals surface area contributed by atoms with E-state index in [1.165, 1.54) is 5.56 Å². The zero-order chi connectivity index (χ0) is 20.3. The fraction of sp³-hybridized carbons (Fsp3) is 0.364. The number of rotatable bonds is 5. The molecule has 6 heteroatoms. The molecule has 28 heavy (non-hydrogen) atoms. The highest BCUT2D eigenvalue weighted by Crippen LogP contribution is 2.24. The van der Waals surface area contributed by atoms with E-state index in [0.717, 1.165) is 23.5 Å². The Balaban J connectivity index is 1.92. The second kappa shape index (κ2) is 7.92. The fourth-order valence-electron chi connectivity index (χ4n) is 3.06. The summed E-state index contributed by atoms with van der Waals surface area (Å²) in [7, 11) is 0. The summed E-state index contributed by atoms with van der Waals surface area (Å²) in [5.74, 6) is -0.258. The molecule has 3 aromatic rings. The van der Waals surface area contributed by atoms with Crippen LogP contribution >= 0.6 is 0 Å². The second-order valence-corrected chi connectivity index (χ2v) is 7.98. The molecule has 0 atom stereocenters. The van der Waals surface area contributed by atoms with Crippen molar-refractivity contribution < 1.29 is 4.79 Å². The van der Waals surface area contributed by atoms with Crippen LogP contribution in [0.4, 0.5) is 5.69 Å². The first-order valence-electron chi connectivity index (χ1n) is 9.59. The molecule has 0 aliphatic carbocycles. The van der Waals surface area contributed by atoms with Crippen molar-refractivity contribution in [2.24, 2.45) is 0 Å². The Morgan fingerprint density at radius 2 is 1.86 bits per heavy atom. The maximum Gasteiger partial charge on any atom is 0.278 e. The lowest BCUT2D eigenvalue weighted by molar-refractivity contribution is 0.102. The van der Waals surface area contributed by atoms with Gasteiger partial charge in [-0.25, -0.2) is 4.68 Å². The number of anilines is 1. The van der Waals surface area contributed by atoms with Gasteiger partial charge in [-0.15, -0.1) is 5.10 Å². The van der Waals surface area contributed by atoms with E-state index in [0.29, 0.717) is 17.8 Å². The molecule has 0 aliphatic rings. The normalized spacial score (nSPS) is 11.5. The molecule has 0 spiro atoms. The minimum atomic E-state index is -0.258. The lowest BCUT2D eigenvalue weighted by Gasteiger charge is -2.19. The molecule has 6 nitrogen and oxygen atoms in total. The third-order valence-electron chi connectivity index (χ3n) is 4.60. The van der Waals surface area contributed by atoms with Crippen molar-refractivity contribution in [3.8, 4) is 5.69 Å². The first-order valence-corrected chi connectivity index (χ1v) is 9.59. The SMILES string of the molecule is CCCc1c(C(=O)Nc2ccnc(C)c2)nnn1-c1ccc(C(C)(C)C)cc1. The first kappa shape index (κ1) is 19.7. The number of benzene rings is 1. The summed E-state index contributed by atoms with van der Waals surface area (Å²) in [6.07, 6.45) is 3.28. The van der Waals surface area contributed by atoms with Gasteiger partial charge in [-0.3, -0.25) is 9.78 Å². The van der Waals surface area contributed by atoms with E-state index in [1.54, 1.807) is 16.9 Å². The molecule has 2 aromatic heterocycles. The Labute approximate surface area is 166 Å². The highest BCUT2D eigenvalue weighted by molar-refractivity contribution is 6.03. The smallest absolute Gasteiger partial charge is 0.278 e. The molecule has 1 aromatic carbocycles. The number of nitrogens with zero attached hydrogens (tertiary/aromatic N) is 4. The molecule has 0 aliphatic heterocycles. The van der Waals surface area contributed by atoms with Crippen LogP contribution in [-0.4, -0.2) is 25.9 Å². The predicted molar refractivity (Wildman–Crippen MR) is 111 cm³/mol. The Morgan fingerprint density at radius 3 is 2.46 bits per heavy atom. The van der Waals surface area contributed by atoms with Gasteiger partial charge in [0.05, 0.1) is 11.4 Å². The van der Waals surface area contributed by atoms with Crippen LogP contribution in [0, 0.1) is 6.92 Å². The van der Waals surface area contributed by atoms with Crippen molar-refractivity contribution in [1.82, 2.24) is 20.0 Å². The molecule has 0 fully saturated rings. The van der Waals surface area contributed by atoms with Gasteiger partial charge in [-0.05, 0) is 48.6 Å². The number of nitrogens with one attached hydrogen (secondary N) is 1. The summed E-state index contributed by atoms with van der Waals surface area (Å²) in [5, 5.41) is 11.4. The molecule has 0 radical (unpaired) electrons. The van der Waals surface area contributed by atoms with Crippen molar-refractivity contribution >= 4 is 11.6 Å². The van der Waals surface area contributed by atoms with Crippen molar-refractivity contribution in [3.05, 3.63) is 65.2 Å². The zero-order valence-corrected chi connectivity index (χ0v) is 17.2. The van der Waals surface area contributed by atoms with E-state index < -0.39 is 0 Å². The van der Waals surface area contributed by atoms with Crippen LogP contribution in [-0.2, 0) is 11.8 Å². The highest BCUT2D eigenvalue weighted by atomic mass is 16.2. The molecule has 1 amide bonds. The quantitative estimate of drug-likeness (QED) is 0.712. The molecule has 2 heterocycles. The minimum absolute atomic E-state index is 0.0842. The van der Waals surface area contributed by atoms with Gasteiger partial charge in [0.1, 0.15) is 0 Å². The predicted octanol–water partition coefficient (Wildman–Crippen LogP) is 4.47. The monoisotopic (exact) mass is 377 g/mol. The van der Waals surface area contributed by atoms with Crippen LogP contribution in [0.25, 0.3) is 5.69 Å². The maximum atomic E-state index is 12.8. The summed E-state index contributed by atoms with van der Waals surface area (Å²) >= 11 is 0. The van der Waals surface area contributed by atoms with Crippen LogP contribution in [0.1, 0.15) is 61.6 Å². The van der Waals surface area contributed by atoms with E-state index in [1.807, 2.05) is 25.1 Å². The van der Waals surface area contributed by atoms with Gasteiger partial charge >= 0.3 is 0 Å². The summed E-state index contributed by atoms with van der Waals surface area (Å²) in [4.78, 5) is 17.0. The average Bonchev–Trinajstić information content (AvgIpc) is 3.05. The van der Waals surface area contributed by atoms with E-state index in [4.69, 9.17) is 0 Å². The fourth-order valence-corrected chi connectivity index (χ4v) is 3.06. The van der Waals surface area contributed by atoms with Crippen LogP contribution < -0.4 is 5.32 Å². The van der Waals surface area contributed by atoms with E-state index >= 15 is 0 Å². The minimum Gasteiger partial charge on any atom is -0.320 e. The molecule has 3 rings (SSSR count). The first-order chi connectivity index (χ1) is 13.3. The Hall–Kier alpha value is -3.02. The van der Waals surface area contributed by atoms with Gasteiger partial charge in [0.15, 0.2) is 5.69 Å². The van der Waals surface area contributed by atoms with Gasteiger partial charge < -0.3 is 5.32 Å². The van der Waals surface area contributed by atoms with Gasteiger partial charge in [0.2, 0.25) is 0 Å². The summed E-state index contributed by atoms with van der Waals surface area (Å²) in [6.45, 7) is 10.5. The van der Waals surface area contributed by atoms with Crippen molar-refractivity contribution in [3.63, 3.8) is 0 Å². The molecular formula is C22H27N5O. The molecule has 0 saturated carbocycles. The molecule has 0 bridgehead atoms. The standard InChI is InChI=1S/C22H27N5O/c1-6-7-19-20(21(28)24-17-12-13-23-15(2)14-17)25-26-27(19)18-10-8-16(9-11-18)22(3,4)5/h8-14H,6-7H2,1-5H3,(H,23,24,28). The number of hydrogen-bond donors (Lipinski definition) is 1. The number of carbonyl (C=O) groups is 1. The zero-order valence-electron chi connectivity index (χ0n) is 17.2. The third kappa shape index (κ3) is 4.27. The number of pyridine rings is 1. The van der Waals surface area contributed by atoms with Crippen molar-refractivity contribution in [2.75, 3.05) is 5.32 Å². The molecule has 0 unspecified atom stereocenters. The topological polar surface area (TPSA) is 72.7 Å². The number of aromatic nitrogens is 4. The summed E-state index contributed by atoms with van der Waals surface area (Å²) in [6, 6.07) is 11.9. The molecule has 146 valence electrons.